The Balaban J connectivity index is 2.11. The zero-order valence-electron chi connectivity index (χ0n) is 12.5. The Bertz CT molecular complexity index is 864. The Hall–Kier alpha value is -2.25. The standard InChI is InChI=1S/C17H15FO5S/c18-12-8-6-11(7-9-12)14-15(17(14,10-19)16(20)21)24(22,23)13-4-2-1-3-5-13/h1-9,14-15,19H,10H2,(H,20,21). The number of halogens is 1. The van der Waals surface area contributed by atoms with Crippen LogP contribution in [-0.2, 0) is 14.6 Å². The van der Waals surface area contributed by atoms with Gasteiger partial charge in [0.2, 0.25) is 0 Å². The molecule has 0 aliphatic heterocycles. The second-order valence-corrected chi connectivity index (χ2v) is 7.88. The Morgan fingerprint density at radius 1 is 1.08 bits per heavy atom. The molecular weight excluding hydrogens is 335 g/mol. The van der Waals surface area contributed by atoms with Crippen molar-refractivity contribution in [3.63, 3.8) is 0 Å². The molecule has 1 aliphatic rings. The molecule has 2 N–H and O–H groups in total. The first-order valence-electron chi connectivity index (χ1n) is 7.24. The minimum Gasteiger partial charge on any atom is -0.481 e. The minimum atomic E-state index is -3.97. The van der Waals surface area contributed by atoms with E-state index in [-0.39, 0.29) is 4.90 Å². The van der Waals surface area contributed by atoms with Crippen LogP contribution in [0.3, 0.4) is 0 Å². The van der Waals surface area contributed by atoms with E-state index in [0.717, 1.165) is 12.1 Å². The number of benzene rings is 2. The molecule has 1 aliphatic carbocycles. The van der Waals surface area contributed by atoms with E-state index < -0.39 is 44.8 Å². The summed E-state index contributed by atoms with van der Waals surface area (Å²) in [6, 6.07) is 12.5. The lowest BCUT2D eigenvalue weighted by atomic mass is 10.0. The highest BCUT2D eigenvalue weighted by Crippen LogP contribution is 2.64. The maximum atomic E-state index is 13.1. The SMILES string of the molecule is O=C(O)C1(CO)C(c2ccc(F)cc2)C1S(=O)(=O)c1ccccc1. The lowest BCUT2D eigenvalue weighted by Gasteiger charge is -2.09. The van der Waals surface area contributed by atoms with Crippen molar-refractivity contribution in [2.45, 2.75) is 16.1 Å². The number of hydrogen-bond acceptors (Lipinski definition) is 4. The molecule has 7 heteroatoms. The van der Waals surface area contributed by atoms with Gasteiger partial charge in [0, 0.05) is 5.92 Å². The average molecular weight is 350 g/mol. The Morgan fingerprint density at radius 3 is 2.17 bits per heavy atom. The summed E-state index contributed by atoms with van der Waals surface area (Å²) in [7, 11) is -3.97. The van der Waals surface area contributed by atoms with Crippen LogP contribution in [0.1, 0.15) is 11.5 Å². The molecule has 0 aromatic heterocycles. The van der Waals surface area contributed by atoms with E-state index in [0.29, 0.717) is 5.56 Å². The maximum absolute atomic E-state index is 13.1. The normalized spacial score (nSPS) is 26.1. The van der Waals surface area contributed by atoms with Crippen molar-refractivity contribution in [3.8, 4) is 0 Å². The van der Waals surface area contributed by atoms with E-state index in [1.54, 1.807) is 18.2 Å². The average Bonchev–Trinajstić information content (AvgIpc) is 3.28. The van der Waals surface area contributed by atoms with Crippen molar-refractivity contribution in [2.24, 2.45) is 5.41 Å². The predicted molar refractivity (Wildman–Crippen MR) is 83.7 cm³/mol. The number of carboxylic acids is 1. The van der Waals surface area contributed by atoms with Crippen LogP contribution in [0.2, 0.25) is 0 Å². The molecule has 0 amide bonds. The van der Waals surface area contributed by atoms with Gasteiger partial charge in [-0.25, -0.2) is 12.8 Å². The topological polar surface area (TPSA) is 91.7 Å². The molecule has 0 bridgehead atoms. The van der Waals surface area contributed by atoms with Crippen LogP contribution in [0.15, 0.2) is 59.5 Å². The van der Waals surface area contributed by atoms with Gasteiger partial charge in [-0.3, -0.25) is 4.79 Å². The molecule has 2 aromatic rings. The maximum Gasteiger partial charge on any atom is 0.314 e. The van der Waals surface area contributed by atoms with Crippen LogP contribution < -0.4 is 0 Å². The quantitative estimate of drug-likeness (QED) is 0.858. The van der Waals surface area contributed by atoms with Gasteiger partial charge >= 0.3 is 5.97 Å². The first kappa shape index (κ1) is 16.6. The van der Waals surface area contributed by atoms with E-state index in [1.165, 1.54) is 24.3 Å². The van der Waals surface area contributed by atoms with Crippen molar-refractivity contribution in [1.29, 1.82) is 0 Å². The Morgan fingerprint density at radius 2 is 1.67 bits per heavy atom. The third-order valence-corrected chi connectivity index (χ3v) is 6.84. The van der Waals surface area contributed by atoms with E-state index in [9.17, 15) is 27.8 Å². The zero-order valence-corrected chi connectivity index (χ0v) is 13.3. The number of aliphatic carboxylic acids is 1. The van der Waals surface area contributed by atoms with Crippen LogP contribution in [0.5, 0.6) is 0 Å². The van der Waals surface area contributed by atoms with E-state index in [1.807, 2.05) is 0 Å². The largest absolute Gasteiger partial charge is 0.481 e. The summed E-state index contributed by atoms with van der Waals surface area (Å²) in [5.41, 5.74) is -1.45. The number of hydrogen-bond donors (Lipinski definition) is 2. The Kier molecular flexibility index (Phi) is 3.93. The molecule has 5 nitrogen and oxygen atoms in total. The number of aliphatic hydroxyl groups excluding tert-OH is 1. The Labute approximate surface area is 138 Å². The van der Waals surface area contributed by atoms with Gasteiger partial charge in [0.05, 0.1) is 16.8 Å². The first-order chi connectivity index (χ1) is 11.4. The molecule has 0 saturated heterocycles. The molecule has 0 radical (unpaired) electrons. The number of carboxylic acid groups (broad SMARTS) is 1. The second kappa shape index (κ2) is 5.68. The third-order valence-electron chi connectivity index (χ3n) is 4.55. The lowest BCUT2D eigenvalue weighted by molar-refractivity contribution is -0.145. The van der Waals surface area contributed by atoms with Gasteiger partial charge in [0.25, 0.3) is 0 Å². The summed E-state index contributed by atoms with van der Waals surface area (Å²) in [6.07, 6.45) is 0. The predicted octanol–water partition coefficient (Wildman–Crippen LogP) is 1.83. The molecule has 126 valence electrons. The summed E-state index contributed by atoms with van der Waals surface area (Å²) in [4.78, 5) is 11.8. The molecule has 3 unspecified atom stereocenters. The summed E-state index contributed by atoms with van der Waals surface area (Å²) < 4.78 is 38.9. The summed E-state index contributed by atoms with van der Waals surface area (Å²) in [5, 5.41) is 17.9. The van der Waals surface area contributed by atoms with Crippen molar-refractivity contribution >= 4 is 15.8 Å². The highest BCUT2D eigenvalue weighted by Gasteiger charge is 2.75. The summed E-state index contributed by atoms with van der Waals surface area (Å²) in [6.45, 7) is -0.818. The van der Waals surface area contributed by atoms with E-state index in [4.69, 9.17) is 0 Å². The molecule has 2 aromatic carbocycles. The first-order valence-corrected chi connectivity index (χ1v) is 8.79. The van der Waals surface area contributed by atoms with Gasteiger partial charge in [-0.2, -0.15) is 0 Å². The van der Waals surface area contributed by atoms with Gasteiger partial charge < -0.3 is 10.2 Å². The molecule has 24 heavy (non-hydrogen) atoms. The second-order valence-electron chi connectivity index (χ2n) is 5.81. The lowest BCUT2D eigenvalue weighted by Crippen LogP contribution is -2.27. The molecule has 1 saturated carbocycles. The smallest absolute Gasteiger partial charge is 0.314 e. The van der Waals surface area contributed by atoms with Crippen molar-refractivity contribution < 1.29 is 27.8 Å². The highest BCUT2D eigenvalue weighted by molar-refractivity contribution is 7.92. The summed E-state index contributed by atoms with van der Waals surface area (Å²) >= 11 is 0. The fourth-order valence-electron chi connectivity index (χ4n) is 3.27. The van der Waals surface area contributed by atoms with Gasteiger partial charge in [-0.15, -0.1) is 0 Å². The molecular formula is C17H15FO5S. The van der Waals surface area contributed by atoms with Gasteiger partial charge in [0.15, 0.2) is 9.84 Å². The van der Waals surface area contributed by atoms with Crippen molar-refractivity contribution in [2.75, 3.05) is 6.61 Å². The molecule has 1 fully saturated rings. The number of rotatable bonds is 5. The molecule has 3 atom stereocenters. The minimum absolute atomic E-state index is 0.00122. The van der Waals surface area contributed by atoms with E-state index >= 15 is 0 Å². The van der Waals surface area contributed by atoms with Crippen LogP contribution in [0.4, 0.5) is 4.39 Å². The molecule has 0 heterocycles. The van der Waals surface area contributed by atoms with Gasteiger partial charge in [-0.1, -0.05) is 30.3 Å². The number of sulfone groups is 1. The van der Waals surface area contributed by atoms with Crippen LogP contribution in [0.25, 0.3) is 0 Å². The van der Waals surface area contributed by atoms with Gasteiger partial charge in [0.1, 0.15) is 11.2 Å². The fourth-order valence-corrected chi connectivity index (χ4v) is 5.66. The zero-order chi connectivity index (χ0) is 17.5. The fraction of sp³-hybridized carbons (Fsp3) is 0.235. The van der Waals surface area contributed by atoms with Crippen LogP contribution >= 0.6 is 0 Å². The van der Waals surface area contributed by atoms with Crippen molar-refractivity contribution in [3.05, 3.63) is 66.0 Å². The molecule has 3 rings (SSSR count). The number of carbonyl (C=O) groups is 1. The molecule has 0 spiro atoms. The monoisotopic (exact) mass is 350 g/mol. The van der Waals surface area contributed by atoms with Crippen LogP contribution in [-0.4, -0.2) is 36.5 Å². The summed E-state index contributed by atoms with van der Waals surface area (Å²) in [5.74, 6) is -2.83. The van der Waals surface area contributed by atoms with Crippen LogP contribution in [0, 0.1) is 11.2 Å². The van der Waals surface area contributed by atoms with Crippen molar-refractivity contribution in [1.82, 2.24) is 0 Å². The highest BCUT2D eigenvalue weighted by atomic mass is 32.2. The third kappa shape index (κ3) is 2.32. The number of aliphatic hydroxyl groups is 1. The van der Waals surface area contributed by atoms with Gasteiger partial charge in [-0.05, 0) is 29.8 Å². The van der Waals surface area contributed by atoms with E-state index in [2.05, 4.69) is 0 Å².